The number of hydrogen-bond acceptors (Lipinski definition) is 2. The predicted octanol–water partition coefficient (Wildman–Crippen LogP) is 2.78. The van der Waals surface area contributed by atoms with Crippen LogP contribution in [0.2, 0.25) is 0 Å². The Morgan fingerprint density at radius 1 is 1.29 bits per heavy atom. The Labute approximate surface area is 99.1 Å². The molecule has 0 amide bonds. The molecule has 2 nitrogen and oxygen atoms in total. The van der Waals surface area contributed by atoms with Crippen LogP contribution in [0.4, 0.5) is 4.39 Å². The van der Waals surface area contributed by atoms with Crippen molar-refractivity contribution in [1.82, 2.24) is 4.98 Å². The lowest BCUT2D eigenvalue weighted by Crippen LogP contribution is -1.97. The van der Waals surface area contributed by atoms with E-state index in [1.807, 2.05) is 30.3 Å². The molecule has 0 fully saturated rings. The number of halogens is 1. The molecule has 3 heteroatoms. The predicted molar refractivity (Wildman–Crippen MR) is 62.9 cm³/mol. The van der Waals surface area contributed by atoms with Gasteiger partial charge in [0.25, 0.3) is 0 Å². The molecule has 0 spiro atoms. The largest absolute Gasteiger partial charge is 0.487 e. The first-order valence-electron chi connectivity index (χ1n) is 5.08. The van der Waals surface area contributed by atoms with Gasteiger partial charge >= 0.3 is 0 Å². The zero-order chi connectivity index (χ0) is 12.1. The quantitative estimate of drug-likeness (QED) is 0.594. The van der Waals surface area contributed by atoms with Gasteiger partial charge in [0, 0.05) is 6.07 Å². The maximum absolute atomic E-state index is 13.0. The van der Waals surface area contributed by atoms with Gasteiger partial charge in [0.05, 0.1) is 11.8 Å². The normalized spacial score (nSPS) is 9.65. The summed E-state index contributed by atoms with van der Waals surface area (Å²) >= 11 is 0. The number of aromatic nitrogens is 1. The van der Waals surface area contributed by atoms with Crippen molar-refractivity contribution in [2.24, 2.45) is 0 Å². The fourth-order valence-corrected chi connectivity index (χ4v) is 1.35. The minimum Gasteiger partial charge on any atom is -0.487 e. The first-order valence-corrected chi connectivity index (χ1v) is 5.08. The van der Waals surface area contributed by atoms with Gasteiger partial charge in [-0.2, -0.15) is 4.39 Å². The molecule has 0 atom stereocenters. The summed E-state index contributed by atoms with van der Waals surface area (Å²) in [5.41, 5.74) is 1.13. The van der Waals surface area contributed by atoms with Crippen molar-refractivity contribution in [2.45, 2.75) is 6.61 Å². The molecular weight excluding hydrogens is 217 g/mol. The SMILES string of the molecule is C#Cc1cc(OCc2ccccc2)cnc1F. The molecule has 1 aromatic heterocycles. The Morgan fingerprint density at radius 2 is 2.06 bits per heavy atom. The lowest BCUT2D eigenvalue weighted by Gasteiger charge is -2.06. The van der Waals surface area contributed by atoms with Crippen molar-refractivity contribution in [3.8, 4) is 18.1 Å². The van der Waals surface area contributed by atoms with Crippen LogP contribution in [0.25, 0.3) is 0 Å². The van der Waals surface area contributed by atoms with E-state index in [0.717, 1.165) is 5.56 Å². The molecule has 0 radical (unpaired) electrons. The van der Waals surface area contributed by atoms with Gasteiger partial charge in [0.2, 0.25) is 5.95 Å². The third-order valence-electron chi connectivity index (χ3n) is 2.22. The minimum atomic E-state index is -0.653. The smallest absolute Gasteiger partial charge is 0.228 e. The molecule has 84 valence electrons. The maximum Gasteiger partial charge on any atom is 0.228 e. The molecule has 0 aliphatic carbocycles. The van der Waals surface area contributed by atoms with Gasteiger partial charge in [-0.3, -0.25) is 0 Å². The number of ether oxygens (including phenoxy) is 1. The Morgan fingerprint density at radius 3 is 2.76 bits per heavy atom. The third-order valence-corrected chi connectivity index (χ3v) is 2.22. The van der Waals surface area contributed by atoms with Crippen molar-refractivity contribution in [3.05, 3.63) is 59.7 Å². The number of pyridine rings is 1. The van der Waals surface area contributed by atoms with Gasteiger partial charge in [0.1, 0.15) is 12.4 Å². The number of hydrogen-bond donors (Lipinski definition) is 0. The van der Waals surface area contributed by atoms with Crippen LogP contribution >= 0.6 is 0 Å². The summed E-state index contributed by atoms with van der Waals surface area (Å²) in [5.74, 6) is 2.02. The standard InChI is InChI=1S/C14H10FNO/c1-2-12-8-13(9-16-14(12)15)17-10-11-6-4-3-5-7-11/h1,3-9H,10H2. The molecule has 0 saturated heterocycles. The Balaban J connectivity index is 2.08. The van der Waals surface area contributed by atoms with E-state index in [9.17, 15) is 4.39 Å². The Bertz CT molecular complexity index is 546. The second-order valence-electron chi connectivity index (χ2n) is 3.43. The third kappa shape index (κ3) is 2.82. The van der Waals surface area contributed by atoms with Crippen LogP contribution < -0.4 is 4.74 Å². The van der Waals surface area contributed by atoms with Crippen molar-refractivity contribution in [3.63, 3.8) is 0 Å². The van der Waals surface area contributed by atoms with Gasteiger partial charge in [-0.15, -0.1) is 6.42 Å². The fourth-order valence-electron chi connectivity index (χ4n) is 1.35. The molecule has 0 aliphatic rings. The average molecular weight is 227 g/mol. The van der Waals surface area contributed by atoms with E-state index in [2.05, 4.69) is 10.9 Å². The lowest BCUT2D eigenvalue weighted by molar-refractivity contribution is 0.304. The van der Waals surface area contributed by atoms with Crippen LogP contribution in [0.1, 0.15) is 11.1 Å². The van der Waals surface area contributed by atoms with Crippen molar-refractivity contribution >= 4 is 0 Å². The summed E-state index contributed by atoms with van der Waals surface area (Å²) in [6.45, 7) is 0.401. The number of terminal acetylenes is 1. The first-order chi connectivity index (χ1) is 8.29. The highest BCUT2D eigenvalue weighted by molar-refractivity contribution is 5.36. The fraction of sp³-hybridized carbons (Fsp3) is 0.0714. The maximum atomic E-state index is 13.0. The Kier molecular flexibility index (Phi) is 3.37. The van der Waals surface area contributed by atoms with Crippen molar-refractivity contribution < 1.29 is 9.13 Å². The van der Waals surface area contributed by atoms with E-state index in [-0.39, 0.29) is 5.56 Å². The summed E-state index contributed by atoms with van der Waals surface area (Å²) in [5, 5.41) is 0. The summed E-state index contributed by atoms with van der Waals surface area (Å²) in [6.07, 6.45) is 6.46. The van der Waals surface area contributed by atoms with Crippen LogP contribution in [-0.4, -0.2) is 4.98 Å². The summed E-state index contributed by atoms with van der Waals surface area (Å²) in [4.78, 5) is 3.53. The molecule has 0 unspecified atom stereocenters. The molecule has 1 heterocycles. The lowest BCUT2D eigenvalue weighted by atomic mass is 10.2. The van der Waals surface area contributed by atoms with Gasteiger partial charge in [-0.05, 0) is 5.56 Å². The molecule has 2 aromatic rings. The molecule has 2 rings (SSSR count). The number of rotatable bonds is 3. The van der Waals surface area contributed by atoms with E-state index >= 15 is 0 Å². The van der Waals surface area contributed by atoms with Crippen LogP contribution in [0.15, 0.2) is 42.6 Å². The molecule has 0 bridgehead atoms. The molecular formula is C14H10FNO. The van der Waals surface area contributed by atoms with Gasteiger partial charge in [-0.25, -0.2) is 4.98 Å². The second kappa shape index (κ2) is 5.13. The number of benzene rings is 1. The molecule has 0 N–H and O–H groups in total. The van der Waals surface area contributed by atoms with Crippen molar-refractivity contribution in [2.75, 3.05) is 0 Å². The first kappa shape index (κ1) is 11.2. The van der Waals surface area contributed by atoms with Gasteiger partial charge in [-0.1, -0.05) is 36.3 Å². The van der Waals surface area contributed by atoms with E-state index in [4.69, 9.17) is 11.2 Å². The second-order valence-corrected chi connectivity index (χ2v) is 3.43. The molecule has 17 heavy (non-hydrogen) atoms. The zero-order valence-corrected chi connectivity index (χ0v) is 9.06. The van der Waals surface area contributed by atoms with Gasteiger partial charge in [0.15, 0.2) is 0 Å². The highest BCUT2D eigenvalue weighted by Crippen LogP contribution is 2.15. The summed E-state index contributed by atoms with van der Waals surface area (Å²) in [6, 6.07) is 11.1. The van der Waals surface area contributed by atoms with Crippen LogP contribution in [0, 0.1) is 18.3 Å². The molecule has 0 aliphatic heterocycles. The van der Waals surface area contributed by atoms with Crippen LogP contribution in [-0.2, 0) is 6.61 Å². The Hall–Kier alpha value is -2.34. The van der Waals surface area contributed by atoms with E-state index in [1.165, 1.54) is 12.3 Å². The zero-order valence-electron chi connectivity index (χ0n) is 9.06. The van der Waals surface area contributed by atoms with E-state index in [0.29, 0.717) is 12.4 Å². The average Bonchev–Trinajstić information content (AvgIpc) is 2.39. The number of nitrogens with zero attached hydrogens (tertiary/aromatic N) is 1. The topological polar surface area (TPSA) is 22.1 Å². The highest BCUT2D eigenvalue weighted by atomic mass is 19.1. The summed E-state index contributed by atoms with van der Waals surface area (Å²) in [7, 11) is 0. The molecule has 1 aromatic carbocycles. The van der Waals surface area contributed by atoms with E-state index < -0.39 is 5.95 Å². The van der Waals surface area contributed by atoms with Crippen LogP contribution in [0.3, 0.4) is 0 Å². The van der Waals surface area contributed by atoms with E-state index in [1.54, 1.807) is 0 Å². The minimum absolute atomic E-state index is 0.107. The monoisotopic (exact) mass is 227 g/mol. The summed E-state index contributed by atoms with van der Waals surface area (Å²) < 4.78 is 18.5. The van der Waals surface area contributed by atoms with Crippen LogP contribution in [0.5, 0.6) is 5.75 Å². The van der Waals surface area contributed by atoms with Crippen molar-refractivity contribution in [1.29, 1.82) is 0 Å². The molecule has 0 saturated carbocycles. The highest BCUT2D eigenvalue weighted by Gasteiger charge is 2.03. The van der Waals surface area contributed by atoms with Gasteiger partial charge < -0.3 is 4.74 Å².